The van der Waals surface area contributed by atoms with Gasteiger partial charge in [0.1, 0.15) is 0 Å². The van der Waals surface area contributed by atoms with Crippen LogP contribution < -0.4 is 5.32 Å². The number of benzene rings is 3. The van der Waals surface area contributed by atoms with Gasteiger partial charge in [-0.25, -0.2) is 0 Å². The molecule has 4 heteroatoms. The average Bonchev–Trinajstić information content (AvgIpc) is 2.73. The molecule has 1 fully saturated rings. The molecule has 0 spiro atoms. The van der Waals surface area contributed by atoms with Gasteiger partial charge in [-0.3, -0.25) is 0 Å². The molecular weight excluding hydrogens is 370 g/mol. The number of rotatable bonds is 6. The minimum Gasteiger partial charge on any atom is -0.396 e. The lowest BCUT2D eigenvalue weighted by atomic mass is 9.87. The molecule has 2 atom stereocenters. The zero-order valence-corrected chi connectivity index (χ0v) is 16.8. The van der Waals surface area contributed by atoms with Crippen LogP contribution in [0.5, 0.6) is 0 Å². The van der Waals surface area contributed by atoms with E-state index in [1.54, 1.807) is 0 Å². The number of aliphatic hydroxyl groups is 1. The van der Waals surface area contributed by atoms with Crippen molar-refractivity contribution in [1.82, 2.24) is 5.32 Å². The second-order valence-corrected chi connectivity index (χ2v) is 7.35. The van der Waals surface area contributed by atoms with E-state index >= 15 is 0 Å². The minimum absolute atomic E-state index is 0. The van der Waals surface area contributed by atoms with Crippen molar-refractivity contribution in [3.05, 3.63) is 83.4 Å². The molecule has 2 N–H and O–H groups in total. The molecule has 2 unspecified atom stereocenters. The van der Waals surface area contributed by atoms with Crippen LogP contribution in [-0.4, -0.2) is 30.9 Å². The Morgan fingerprint density at radius 3 is 2.46 bits per heavy atom. The molecule has 1 heterocycles. The van der Waals surface area contributed by atoms with Crippen LogP contribution in [0.15, 0.2) is 66.7 Å². The highest BCUT2D eigenvalue weighted by atomic mass is 35.5. The molecule has 0 aromatic heterocycles. The first-order valence-corrected chi connectivity index (χ1v) is 9.83. The number of halogens is 1. The summed E-state index contributed by atoms with van der Waals surface area (Å²) in [6, 6.07) is 23.7. The lowest BCUT2D eigenvalue weighted by Gasteiger charge is -2.32. The van der Waals surface area contributed by atoms with Gasteiger partial charge in [-0.1, -0.05) is 60.7 Å². The van der Waals surface area contributed by atoms with E-state index in [2.05, 4.69) is 72.0 Å². The minimum atomic E-state index is 0. The maximum Gasteiger partial charge on any atom is 0.0772 e. The van der Waals surface area contributed by atoms with E-state index in [4.69, 9.17) is 9.84 Å². The van der Waals surface area contributed by atoms with Crippen molar-refractivity contribution in [2.75, 3.05) is 19.7 Å². The number of ether oxygens (including phenoxy) is 1. The van der Waals surface area contributed by atoms with Gasteiger partial charge in [0.25, 0.3) is 0 Å². The Hall–Kier alpha value is -1.91. The van der Waals surface area contributed by atoms with Gasteiger partial charge in [0.2, 0.25) is 0 Å². The molecule has 0 saturated carbocycles. The number of nitrogens with one attached hydrogen (secondary N) is 1. The Morgan fingerprint density at radius 1 is 0.929 bits per heavy atom. The smallest absolute Gasteiger partial charge is 0.0772 e. The van der Waals surface area contributed by atoms with Crippen LogP contribution in [0, 0.1) is 0 Å². The summed E-state index contributed by atoms with van der Waals surface area (Å²) >= 11 is 0. The molecule has 28 heavy (non-hydrogen) atoms. The van der Waals surface area contributed by atoms with Crippen molar-refractivity contribution in [2.24, 2.45) is 0 Å². The van der Waals surface area contributed by atoms with Gasteiger partial charge >= 0.3 is 0 Å². The van der Waals surface area contributed by atoms with E-state index in [1.165, 1.54) is 27.5 Å². The topological polar surface area (TPSA) is 41.5 Å². The van der Waals surface area contributed by atoms with Crippen LogP contribution in [0.4, 0.5) is 0 Å². The molecule has 0 aliphatic carbocycles. The maximum atomic E-state index is 9.10. The Bertz CT molecular complexity index is 881. The molecule has 0 radical (unpaired) electrons. The maximum absolute atomic E-state index is 9.10. The largest absolute Gasteiger partial charge is 0.396 e. The third-order valence-corrected chi connectivity index (χ3v) is 5.51. The van der Waals surface area contributed by atoms with Crippen LogP contribution in [0.1, 0.15) is 29.0 Å². The summed E-state index contributed by atoms with van der Waals surface area (Å²) < 4.78 is 6.36. The van der Waals surface area contributed by atoms with E-state index in [-0.39, 0.29) is 25.1 Å². The first kappa shape index (κ1) is 20.8. The summed E-state index contributed by atoms with van der Waals surface area (Å²) in [5, 5.41) is 15.1. The Kier molecular flexibility index (Phi) is 7.46. The van der Waals surface area contributed by atoms with Crippen molar-refractivity contribution in [3.8, 4) is 0 Å². The Balaban J connectivity index is 0.00000225. The zero-order chi connectivity index (χ0) is 18.5. The van der Waals surface area contributed by atoms with E-state index in [0.29, 0.717) is 18.9 Å². The number of fused-ring (bicyclic) bond motifs is 1. The molecule has 3 aromatic carbocycles. The van der Waals surface area contributed by atoms with Crippen LogP contribution >= 0.6 is 12.4 Å². The molecule has 3 nitrogen and oxygen atoms in total. The second kappa shape index (κ2) is 10.0. The fourth-order valence-electron chi connectivity index (χ4n) is 3.98. The van der Waals surface area contributed by atoms with Gasteiger partial charge in [0, 0.05) is 19.1 Å². The number of hydrogen-bond donors (Lipinski definition) is 2. The first-order chi connectivity index (χ1) is 13.3. The number of hydrogen-bond acceptors (Lipinski definition) is 3. The summed E-state index contributed by atoms with van der Waals surface area (Å²) in [5.74, 6) is 0.412. The summed E-state index contributed by atoms with van der Waals surface area (Å²) in [4.78, 5) is 0. The van der Waals surface area contributed by atoms with E-state index in [9.17, 15) is 0 Å². The van der Waals surface area contributed by atoms with E-state index < -0.39 is 0 Å². The van der Waals surface area contributed by atoms with Crippen LogP contribution in [-0.2, 0) is 17.8 Å². The standard InChI is InChI=1S/C24H27NO2.ClH/c26-14-12-18-5-9-21(10-6-18)23-11-13-25-16-24(23)27-17-19-7-8-20-3-1-2-4-22(20)15-19;/h1-10,15,23-26H,11-14,16-17H2;1H. The van der Waals surface area contributed by atoms with Crippen molar-refractivity contribution in [1.29, 1.82) is 0 Å². The van der Waals surface area contributed by atoms with Gasteiger partial charge in [-0.2, -0.15) is 0 Å². The van der Waals surface area contributed by atoms with Gasteiger partial charge in [0.05, 0.1) is 12.7 Å². The van der Waals surface area contributed by atoms with Crippen molar-refractivity contribution >= 4 is 23.2 Å². The second-order valence-electron chi connectivity index (χ2n) is 7.35. The predicted molar refractivity (Wildman–Crippen MR) is 117 cm³/mol. The Labute approximate surface area is 173 Å². The number of aliphatic hydroxyl groups excluding tert-OH is 1. The van der Waals surface area contributed by atoms with E-state index in [1.807, 2.05) is 0 Å². The van der Waals surface area contributed by atoms with Gasteiger partial charge in [0.15, 0.2) is 0 Å². The molecule has 0 bridgehead atoms. The molecule has 1 aliphatic heterocycles. The summed E-state index contributed by atoms with van der Waals surface area (Å²) in [6.07, 6.45) is 1.98. The third-order valence-electron chi connectivity index (χ3n) is 5.51. The quantitative estimate of drug-likeness (QED) is 0.645. The Morgan fingerprint density at radius 2 is 1.68 bits per heavy atom. The third kappa shape index (κ3) is 4.92. The molecule has 0 amide bonds. The molecule has 1 aliphatic rings. The summed E-state index contributed by atoms with van der Waals surface area (Å²) in [5.41, 5.74) is 3.74. The predicted octanol–water partition coefficient (Wildman–Crippen LogP) is 4.46. The van der Waals surface area contributed by atoms with Crippen molar-refractivity contribution < 1.29 is 9.84 Å². The first-order valence-electron chi connectivity index (χ1n) is 9.83. The van der Waals surface area contributed by atoms with Crippen molar-refractivity contribution in [2.45, 2.75) is 31.5 Å². The normalized spacial score (nSPS) is 19.3. The van der Waals surface area contributed by atoms with Crippen LogP contribution in [0.2, 0.25) is 0 Å². The van der Waals surface area contributed by atoms with E-state index in [0.717, 1.165) is 19.5 Å². The average molecular weight is 398 g/mol. The lowest BCUT2D eigenvalue weighted by molar-refractivity contribution is 0.0106. The SMILES string of the molecule is Cl.OCCc1ccc(C2CCNCC2OCc2ccc3ccccc3c2)cc1. The zero-order valence-electron chi connectivity index (χ0n) is 16.0. The molecular formula is C24H28ClNO2. The highest BCUT2D eigenvalue weighted by molar-refractivity contribution is 5.85. The summed E-state index contributed by atoms with van der Waals surface area (Å²) in [6.45, 7) is 2.75. The monoisotopic (exact) mass is 397 g/mol. The number of piperidine rings is 1. The van der Waals surface area contributed by atoms with Gasteiger partial charge in [-0.15, -0.1) is 12.4 Å². The van der Waals surface area contributed by atoms with Crippen molar-refractivity contribution in [3.63, 3.8) is 0 Å². The van der Waals surface area contributed by atoms with Gasteiger partial charge < -0.3 is 15.2 Å². The van der Waals surface area contributed by atoms with Crippen LogP contribution in [0.3, 0.4) is 0 Å². The van der Waals surface area contributed by atoms with Crippen LogP contribution in [0.25, 0.3) is 10.8 Å². The molecule has 148 valence electrons. The molecule has 3 aromatic rings. The lowest BCUT2D eigenvalue weighted by Crippen LogP contribution is -2.40. The highest BCUT2D eigenvalue weighted by Crippen LogP contribution is 2.29. The fourth-order valence-corrected chi connectivity index (χ4v) is 3.98. The highest BCUT2D eigenvalue weighted by Gasteiger charge is 2.27. The fraction of sp³-hybridized carbons (Fsp3) is 0.333. The molecule has 1 saturated heterocycles. The summed E-state index contributed by atoms with van der Waals surface area (Å²) in [7, 11) is 0. The van der Waals surface area contributed by atoms with Gasteiger partial charge in [-0.05, 0) is 52.9 Å². The molecule has 4 rings (SSSR count).